The van der Waals surface area contributed by atoms with Crippen LogP contribution in [0, 0.1) is 0 Å². The second-order valence-electron chi connectivity index (χ2n) is 5.42. The lowest BCUT2D eigenvalue weighted by molar-refractivity contribution is 0.0950. The second-order valence-corrected chi connectivity index (χ2v) is 5.42. The van der Waals surface area contributed by atoms with Crippen LogP contribution < -0.4 is 14.8 Å². The summed E-state index contributed by atoms with van der Waals surface area (Å²) in [5, 5.41) is 2.85. The summed E-state index contributed by atoms with van der Waals surface area (Å²) in [7, 11) is 0. The number of rotatable bonds is 7. The van der Waals surface area contributed by atoms with Gasteiger partial charge in [0.2, 0.25) is 11.8 Å². The van der Waals surface area contributed by atoms with Gasteiger partial charge in [0, 0.05) is 31.1 Å². The van der Waals surface area contributed by atoms with Crippen molar-refractivity contribution in [1.82, 2.24) is 15.3 Å². The Balaban J connectivity index is 1.57. The molecule has 1 amide bonds. The van der Waals surface area contributed by atoms with Gasteiger partial charge in [-0.3, -0.25) is 4.79 Å². The van der Waals surface area contributed by atoms with E-state index in [0.717, 1.165) is 5.56 Å². The van der Waals surface area contributed by atoms with Crippen molar-refractivity contribution in [2.75, 3.05) is 6.61 Å². The van der Waals surface area contributed by atoms with Gasteiger partial charge in [-0.05, 0) is 36.8 Å². The first-order valence-corrected chi connectivity index (χ1v) is 8.29. The third kappa shape index (κ3) is 4.80. The van der Waals surface area contributed by atoms with E-state index in [1.165, 1.54) is 6.20 Å². The summed E-state index contributed by atoms with van der Waals surface area (Å²) in [6, 6.07) is 16.3. The SMILES string of the molecule is CCOc1cc(CNC(=O)c2ccc(Oc3ccccc3)nc2)ccn1. The molecule has 0 atom stereocenters. The lowest BCUT2D eigenvalue weighted by Crippen LogP contribution is -2.22. The molecule has 0 saturated carbocycles. The van der Waals surface area contributed by atoms with E-state index in [9.17, 15) is 4.79 Å². The van der Waals surface area contributed by atoms with Gasteiger partial charge in [0.15, 0.2) is 0 Å². The van der Waals surface area contributed by atoms with E-state index in [1.54, 1.807) is 24.4 Å². The third-order valence-corrected chi connectivity index (χ3v) is 3.51. The van der Waals surface area contributed by atoms with Crippen LogP contribution in [0.5, 0.6) is 17.5 Å². The number of hydrogen-bond donors (Lipinski definition) is 1. The first kappa shape index (κ1) is 17.4. The number of amides is 1. The minimum Gasteiger partial charge on any atom is -0.478 e. The molecule has 0 aliphatic heterocycles. The largest absolute Gasteiger partial charge is 0.478 e. The van der Waals surface area contributed by atoms with E-state index in [-0.39, 0.29) is 5.91 Å². The fourth-order valence-corrected chi connectivity index (χ4v) is 2.26. The van der Waals surface area contributed by atoms with Crippen LogP contribution in [-0.4, -0.2) is 22.5 Å². The topological polar surface area (TPSA) is 73.3 Å². The first-order valence-electron chi connectivity index (χ1n) is 8.29. The van der Waals surface area contributed by atoms with Gasteiger partial charge in [-0.25, -0.2) is 9.97 Å². The molecule has 0 aliphatic rings. The van der Waals surface area contributed by atoms with Crippen LogP contribution in [0.4, 0.5) is 0 Å². The fraction of sp³-hybridized carbons (Fsp3) is 0.150. The third-order valence-electron chi connectivity index (χ3n) is 3.51. The quantitative estimate of drug-likeness (QED) is 0.705. The number of hydrogen-bond acceptors (Lipinski definition) is 5. The Morgan fingerprint density at radius 2 is 1.88 bits per heavy atom. The highest BCUT2D eigenvalue weighted by molar-refractivity contribution is 5.93. The summed E-state index contributed by atoms with van der Waals surface area (Å²) < 4.78 is 11.0. The van der Waals surface area contributed by atoms with Gasteiger partial charge in [-0.1, -0.05) is 18.2 Å². The molecule has 1 N–H and O–H groups in total. The molecule has 2 heterocycles. The molecule has 0 aliphatic carbocycles. The van der Waals surface area contributed by atoms with Crippen molar-refractivity contribution in [2.45, 2.75) is 13.5 Å². The summed E-state index contributed by atoms with van der Waals surface area (Å²) in [6.07, 6.45) is 3.15. The lowest BCUT2D eigenvalue weighted by atomic mass is 10.2. The average Bonchev–Trinajstić information content (AvgIpc) is 2.68. The molecule has 0 fully saturated rings. The van der Waals surface area contributed by atoms with Gasteiger partial charge in [-0.2, -0.15) is 0 Å². The number of carbonyl (C=O) groups is 1. The van der Waals surface area contributed by atoms with E-state index >= 15 is 0 Å². The van der Waals surface area contributed by atoms with Crippen LogP contribution in [0.15, 0.2) is 67.0 Å². The molecule has 0 bridgehead atoms. The van der Waals surface area contributed by atoms with Crippen molar-refractivity contribution in [2.24, 2.45) is 0 Å². The van der Waals surface area contributed by atoms with Gasteiger partial charge in [-0.15, -0.1) is 0 Å². The molecule has 0 radical (unpaired) electrons. The number of benzene rings is 1. The van der Waals surface area contributed by atoms with E-state index in [4.69, 9.17) is 9.47 Å². The standard InChI is InChI=1S/C20H19N3O3/c1-2-25-19-12-15(10-11-21-19)13-23-20(24)16-8-9-18(22-14-16)26-17-6-4-3-5-7-17/h3-12,14H,2,13H2,1H3,(H,23,24). The van der Waals surface area contributed by atoms with E-state index in [1.807, 2.05) is 43.3 Å². The fourth-order valence-electron chi connectivity index (χ4n) is 2.26. The van der Waals surface area contributed by atoms with Crippen LogP contribution >= 0.6 is 0 Å². The Kier molecular flexibility index (Phi) is 5.77. The van der Waals surface area contributed by atoms with E-state index in [2.05, 4.69) is 15.3 Å². The average molecular weight is 349 g/mol. The molecule has 3 rings (SSSR count). The highest BCUT2D eigenvalue weighted by atomic mass is 16.5. The number of nitrogens with one attached hydrogen (secondary N) is 1. The van der Waals surface area contributed by atoms with Crippen molar-refractivity contribution >= 4 is 5.91 Å². The predicted molar refractivity (Wildman–Crippen MR) is 97.3 cm³/mol. The summed E-state index contributed by atoms with van der Waals surface area (Å²) in [5.41, 5.74) is 1.37. The maximum Gasteiger partial charge on any atom is 0.253 e. The molecule has 3 aromatic rings. The zero-order valence-electron chi connectivity index (χ0n) is 14.4. The van der Waals surface area contributed by atoms with Crippen LogP contribution in [0.2, 0.25) is 0 Å². The first-order chi connectivity index (χ1) is 12.7. The molecule has 6 nitrogen and oxygen atoms in total. The van der Waals surface area contributed by atoms with Crippen LogP contribution in [0.3, 0.4) is 0 Å². The van der Waals surface area contributed by atoms with Gasteiger partial charge in [0.05, 0.1) is 12.2 Å². The molecule has 1 aromatic carbocycles. The predicted octanol–water partition coefficient (Wildman–Crippen LogP) is 3.60. The van der Waals surface area contributed by atoms with Crippen molar-refractivity contribution in [3.63, 3.8) is 0 Å². The highest BCUT2D eigenvalue weighted by Gasteiger charge is 2.07. The Labute approximate surface area is 151 Å². The van der Waals surface area contributed by atoms with Crippen molar-refractivity contribution in [3.05, 3.63) is 78.1 Å². The molecule has 6 heteroatoms. The Morgan fingerprint density at radius 1 is 1.04 bits per heavy atom. The van der Waals surface area contributed by atoms with Crippen molar-refractivity contribution in [3.8, 4) is 17.5 Å². The van der Waals surface area contributed by atoms with Gasteiger partial charge in [0.1, 0.15) is 5.75 Å². The molecular weight excluding hydrogens is 330 g/mol. The minimum atomic E-state index is -0.210. The normalized spacial score (nSPS) is 10.2. The van der Waals surface area contributed by atoms with Crippen LogP contribution in [-0.2, 0) is 6.54 Å². The second kappa shape index (κ2) is 8.62. The molecule has 0 saturated heterocycles. The summed E-state index contributed by atoms with van der Waals surface area (Å²) in [4.78, 5) is 20.5. The molecule has 2 aromatic heterocycles. The Hall–Kier alpha value is -3.41. The lowest BCUT2D eigenvalue weighted by Gasteiger charge is -2.08. The number of carbonyl (C=O) groups excluding carboxylic acids is 1. The van der Waals surface area contributed by atoms with Gasteiger partial charge < -0.3 is 14.8 Å². The zero-order valence-corrected chi connectivity index (χ0v) is 14.4. The number of aromatic nitrogens is 2. The maximum atomic E-state index is 12.3. The van der Waals surface area contributed by atoms with E-state index in [0.29, 0.717) is 36.2 Å². The number of para-hydroxylation sites is 1. The molecular formula is C20H19N3O3. The number of pyridine rings is 2. The molecule has 0 unspecified atom stereocenters. The Bertz CT molecular complexity index is 852. The van der Waals surface area contributed by atoms with Crippen LogP contribution in [0.25, 0.3) is 0 Å². The summed E-state index contributed by atoms with van der Waals surface area (Å²) in [6.45, 7) is 2.82. The smallest absolute Gasteiger partial charge is 0.253 e. The molecule has 0 spiro atoms. The minimum absolute atomic E-state index is 0.210. The van der Waals surface area contributed by atoms with Crippen molar-refractivity contribution < 1.29 is 14.3 Å². The number of ether oxygens (including phenoxy) is 2. The zero-order chi connectivity index (χ0) is 18.2. The monoisotopic (exact) mass is 349 g/mol. The Morgan fingerprint density at radius 3 is 2.62 bits per heavy atom. The highest BCUT2D eigenvalue weighted by Crippen LogP contribution is 2.18. The van der Waals surface area contributed by atoms with E-state index < -0.39 is 0 Å². The van der Waals surface area contributed by atoms with Gasteiger partial charge >= 0.3 is 0 Å². The van der Waals surface area contributed by atoms with Gasteiger partial charge in [0.25, 0.3) is 5.91 Å². The molecule has 132 valence electrons. The maximum absolute atomic E-state index is 12.3. The summed E-state index contributed by atoms with van der Waals surface area (Å²) >= 11 is 0. The summed E-state index contributed by atoms with van der Waals surface area (Å²) in [5.74, 6) is 1.46. The number of nitrogens with zero attached hydrogens (tertiary/aromatic N) is 2. The molecule has 26 heavy (non-hydrogen) atoms. The van der Waals surface area contributed by atoms with Crippen LogP contribution in [0.1, 0.15) is 22.8 Å². The van der Waals surface area contributed by atoms with Crippen molar-refractivity contribution in [1.29, 1.82) is 0 Å².